The smallest absolute Gasteiger partial charge is 0.105 e. The van der Waals surface area contributed by atoms with Crippen molar-refractivity contribution in [2.45, 2.75) is 45.2 Å². The predicted octanol–water partition coefficient (Wildman–Crippen LogP) is 1.12. The molecule has 0 aliphatic heterocycles. The van der Waals surface area contributed by atoms with Gasteiger partial charge in [-0.2, -0.15) is 0 Å². The summed E-state index contributed by atoms with van der Waals surface area (Å²) in [7, 11) is 0. The number of nitrogens with two attached hydrogens (primary N) is 1. The molecule has 1 aromatic heterocycles. The van der Waals surface area contributed by atoms with E-state index >= 15 is 0 Å². The third-order valence-corrected chi connectivity index (χ3v) is 2.68. The van der Waals surface area contributed by atoms with Crippen molar-refractivity contribution >= 4 is 0 Å². The Bertz CT molecular complexity index is 322. The van der Waals surface area contributed by atoms with Gasteiger partial charge in [0.25, 0.3) is 0 Å². The molecule has 1 fully saturated rings. The van der Waals surface area contributed by atoms with Gasteiger partial charge in [0.1, 0.15) is 5.69 Å². The summed E-state index contributed by atoms with van der Waals surface area (Å²) < 4.78 is 1.93. The van der Waals surface area contributed by atoms with Crippen LogP contribution in [0.5, 0.6) is 0 Å². The molecule has 1 aliphatic carbocycles. The summed E-state index contributed by atoms with van der Waals surface area (Å²) in [6.07, 6.45) is 2.09. The third kappa shape index (κ3) is 1.25. The summed E-state index contributed by atoms with van der Waals surface area (Å²) in [4.78, 5) is 0. The van der Waals surface area contributed by atoms with E-state index in [-0.39, 0.29) is 5.54 Å². The minimum atomic E-state index is -0.156. The molecule has 0 saturated heterocycles. The van der Waals surface area contributed by atoms with Gasteiger partial charge in [-0.25, -0.2) is 4.68 Å². The van der Waals surface area contributed by atoms with Crippen molar-refractivity contribution in [2.24, 2.45) is 5.73 Å². The molecule has 4 nitrogen and oxygen atoms in total. The van der Waals surface area contributed by atoms with Crippen molar-refractivity contribution in [3.8, 4) is 0 Å². The quantitative estimate of drug-likeness (QED) is 0.741. The molecule has 2 rings (SSSR count). The van der Waals surface area contributed by atoms with E-state index < -0.39 is 0 Å². The standard InChI is InChI=1S/C9H16N4/c1-6(2)13-7(3)8(11-12-13)9(10)4-5-9/h6H,4-5,10H2,1-3H3. The first-order valence-electron chi connectivity index (χ1n) is 4.76. The zero-order valence-corrected chi connectivity index (χ0v) is 8.41. The van der Waals surface area contributed by atoms with E-state index in [9.17, 15) is 0 Å². The van der Waals surface area contributed by atoms with E-state index in [2.05, 4.69) is 24.2 Å². The highest BCUT2D eigenvalue weighted by molar-refractivity contribution is 5.25. The fourth-order valence-electron chi connectivity index (χ4n) is 1.66. The molecule has 0 amide bonds. The van der Waals surface area contributed by atoms with E-state index in [1.165, 1.54) is 0 Å². The Morgan fingerprint density at radius 2 is 2.08 bits per heavy atom. The van der Waals surface area contributed by atoms with Crippen LogP contribution in [0.2, 0.25) is 0 Å². The first-order chi connectivity index (χ1) is 6.04. The Labute approximate surface area is 78.1 Å². The molecule has 0 radical (unpaired) electrons. The van der Waals surface area contributed by atoms with E-state index in [4.69, 9.17) is 5.73 Å². The van der Waals surface area contributed by atoms with Crippen LogP contribution in [0.25, 0.3) is 0 Å². The molecule has 1 aliphatic rings. The van der Waals surface area contributed by atoms with Gasteiger partial charge in [-0.1, -0.05) is 5.21 Å². The van der Waals surface area contributed by atoms with Crippen LogP contribution in [0.1, 0.15) is 44.1 Å². The second-order valence-corrected chi connectivity index (χ2v) is 4.22. The molecule has 0 bridgehead atoms. The van der Waals surface area contributed by atoms with Crippen LogP contribution in [-0.4, -0.2) is 15.0 Å². The van der Waals surface area contributed by atoms with Crippen molar-refractivity contribution in [3.05, 3.63) is 11.4 Å². The predicted molar refractivity (Wildman–Crippen MR) is 50.2 cm³/mol. The van der Waals surface area contributed by atoms with Gasteiger partial charge in [0.2, 0.25) is 0 Å². The van der Waals surface area contributed by atoms with Crippen LogP contribution in [-0.2, 0) is 5.54 Å². The first kappa shape index (κ1) is 8.69. The molecule has 13 heavy (non-hydrogen) atoms. The Balaban J connectivity index is 2.39. The van der Waals surface area contributed by atoms with E-state index in [0.29, 0.717) is 6.04 Å². The summed E-state index contributed by atoms with van der Waals surface area (Å²) >= 11 is 0. The molecule has 1 saturated carbocycles. The first-order valence-corrected chi connectivity index (χ1v) is 4.76. The average molecular weight is 180 g/mol. The van der Waals surface area contributed by atoms with Crippen molar-refractivity contribution in [1.82, 2.24) is 15.0 Å². The molecule has 0 spiro atoms. The monoisotopic (exact) mass is 180 g/mol. The maximum absolute atomic E-state index is 6.07. The lowest BCUT2D eigenvalue weighted by Gasteiger charge is -2.09. The maximum atomic E-state index is 6.07. The number of rotatable bonds is 2. The molecule has 1 aromatic rings. The molecular weight excluding hydrogens is 164 g/mol. The van der Waals surface area contributed by atoms with Gasteiger partial charge in [-0.05, 0) is 33.6 Å². The van der Waals surface area contributed by atoms with Crippen LogP contribution >= 0.6 is 0 Å². The zero-order chi connectivity index (χ0) is 9.64. The lowest BCUT2D eigenvalue weighted by Crippen LogP contribution is -2.20. The SMILES string of the molecule is Cc1c(C2(N)CC2)nnn1C(C)C. The average Bonchev–Trinajstić information content (AvgIpc) is 2.63. The molecule has 1 heterocycles. The number of nitrogens with zero attached hydrogens (tertiary/aromatic N) is 3. The second-order valence-electron chi connectivity index (χ2n) is 4.22. The van der Waals surface area contributed by atoms with Crippen LogP contribution in [0.3, 0.4) is 0 Å². The highest BCUT2D eigenvalue weighted by atomic mass is 15.4. The molecule has 0 atom stereocenters. The van der Waals surface area contributed by atoms with E-state index in [0.717, 1.165) is 24.2 Å². The van der Waals surface area contributed by atoms with Crippen LogP contribution < -0.4 is 5.73 Å². The van der Waals surface area contributed by atoms with E-state index in [1.54, 1.807) is 0 Å². The Morgan fingerprint density at radius 1 is 1.46 bits per heavy atom. The van der Waals surface area contributed by atoms with Crippen LogP contribution in [0.4, 0.5) is 0 Å². The van der Waals surface area contributed by atoms with E-state index in [1.807, 2.05) is 11.6 Å². The van der Waals surface area contributed by atoms with Gasteiger partial charge in [0, 0.05) is 6.04 Å². The molecule has 2 N–H and O–H groups in total. The summed E-state index contributed by atoms with van der Waals surface area (Å²) in [5.74, 6) is 0. The second kappa shape index (κ2) is 2.54. The largest absolute Gasteiger partial charge is 0.320 e. The number of hydrogen-bond acceptors (Lipinski definition) is 3. The normalized spacial score (nSPS) is 19.5. The highest BCUT2D eigenvalue weighted by Gasteiger charge is 2.44. The molecule has 0 aromatic carbocycles. The summed E-state index contributed by atoms with van der Waals surface area (Å²) in [6, 6.07) is 0.364. The molecule has 0 unspecified atom stereocenters. The maximum Gasteiger partial charge on any atom is 0.105 e. The van der Waals surface area contributed by atoms with Crippen LogP contribution in [0, 0.1) is 6.92 Å². The zero-order valence-electron chi connectivity index (χ0n) is 8.41. The fraction of sp³-hybridized carbons (Fsp3) is 0.778. The highest BCUT2D eigenvalue weighted by Crippen LogP contribution is 2.42. The lowest BCUT2D eigenvalue weighted by atomic mass is 10.1. The minimum Gasteiger partial charge on any atom is -0.320 e. The van der Waals surface area contributed by atoms with Crippen molar-refractivity contribution in [1.29, 1.82) is 0 Å². The Hall–Kier alpha value is -0.900. The van der Waals surface area contributed by atoms with Gasteiger partial charge >= 0.3 is 0 Å². The third-order valence-electron chi connectivity index (χ3n) is 2.68. The van der Waals surface area contributed by atoms with Gasteiger partial charge in [-0.3, -0.25) is 0 Å². The lowest BCUT2D eigenvalue weighted by molar-refractivity contribution is 0.502. The summed E-state index contributed by atoms with van der Waals surface area (Å²) in [6.45, 7) is 6.24. The topological polar surface area (TPSA) is 56.7 Å². The molecule has 4 heteroatoms. The number of hydrogen-bond donors (Lipinski definition) is 1. The Morgan fingerprint density at radius 3 is 2.46 bits per heavy atom. The minimum absolute atomic E-state index is 0.156. The van der Waals surface area contributed by atoms with Gasteiger partial charge in [-0.15, -0.1) is 5.10 Å². The van der Waals surface area contributed by atoms with Crippen molar-refractivity contribution < 1.29 is 0 Å². The number of aromatic nitrogens is 3. The van der Waals surface area contributed by atoms with Crippen molar-refractivity contribution in [2.75, 3.05) is 0 Å². The van der Waals surface area contributed by atoms with Crippen molar-refractivity contribution in [3.63, 3.8) is 0 Å². The summed E-state index contributed by atoms with van der Waals surface area (Å²) in [5.41, 5.74) is 8.02. The molecular formula is C9H16N4. The Kier molecular flexibility index (Phi) is 1.70. The van der Waals surface area contributed by atoms with Crippen LogP contribution in [0.15, 0.2) is 0 Å². The van der Waals surface area contributed by atoms with Gasteiger partial charge in [0.15, 0.2) is 0 Å². The van der Waals surface area contributed by atoms with Gasteiger partial charge in [0.05, 0.1) is 11.2 Å². The van der Waals surface area contributed by atoms with Gasteiger partial charge < -0.3 is 5.73 Å². The summed E-state index contributed by atoms with van der Waals surface area (Å²) in [5, 5.41) is 8.27. The molecule has 72 valence electrons. The fourth-order valence-corrected chi connectivity index (χ4v) is 1.66.